The second-order valence-corrected chi connectivity index (χ2v) is 18.4. The largest absolute Gasteiger partial charge is 0.444 e. The quantitative estimate of drug-likeness (QED) is 0.264. The van der Waals surface area contributed by atoms with Crippen LogP contribution in [0.15, 0.2) is 30.3 Å². The Hall–Kier alpha value is -4.20. The van der Waals surface area contributed by atoms with Crippen LogP contribution in [-0.2, 0) is 28.7 Å². The molecule has 1 aromatic carbocycles. The number of piperidine rings is 1. The van der Waals surface area contributed by atoms with Crippen LogP contribution in [0.4, 0.5) is 4.79 Å². The standard InChI is InChI=1S/C42H66N6O8/c1-40(2,3)56-39(55)46-34-38(54)48-25-27-30(42(27,6)7)32(48)35(51)44-28(22-18-13-11-10-12-14-19-23-41(34,4)5)33(50)36(52)43-24-29(49)45-31(37(53)47(8)9)26-20-16-15-17-21-26/h15-17,20-21,27-28,30-34,50H,10-14,18-19,22-25H2,1-9H3,(H,43,52)(H,44,51)(H,45,49)(H,46,55)/t27-,28-,30?,31-,32-,33?,34+/m0/s1. The number of aliphatic hydroxyl groups is 1. The van der Waals surface area contributed by atoms with Crippen LogP contribution in [0.1, 0.15) is 118 Å². The molecule has 2 heterocycles. The molecule has 0 aromatic heterocycles. The van der Waals surface area contributed by atoms with Gasteiger partial charge in [-0.2, -0.15) is 0 Å². The van der Waals surface area contributed by atoms with Gasteiger partial charge in [0.15, 0.2) is 6.10 Å². The van der Waals surface area contributed by atoms with Crippen molar-refractivity contribution in [1.82, 2.24) is 31.1 Å². The van der Waals surface area contributed by atoms with Crippen LogP contribution in [0.2, 0.25) is 0 Å². The van der Waals surface area contributed by atoms with Crippen LogP contribution in [0.3, 0.4) is 0 Å². The van der Waals surface area contributed by atoms with Gasteiger partial charge >= 0.3 is 6.09 Å². The van der Waals surface area contributed by atoms with E-state index in [1.54, 1.807) is 70.1 Å². The molecule has 3 fully saturated rings. The summed E-state index contributed by atoms with van der Waals surface area (Å²) in [6.45, 7) is 13.2. The summed E-state index contributed by atoms with van der Waals surface area (Å²) in [7, 11) is 3.16. The van der Waals surface area contributed by atoms with Crippen LogP contribution in [0.25, 0.3) is 0 Å². The lowest BCUT2D eigenvalue weighted by atomic mass is 9.78. The number of benzene rings is 1. The molecule has 6 amide bonds. The first-order chi connectivity index (χ1) is 26.2. The second-order valence-electron chi connectivity index (χ2n) is 18.4. The summed E-state index contributed by atoms with van der Waals surface area (Å²) in [5.41, 5.74) is -1.08. The number of carbonyl (C=O) groups excluding carboxylic acids is 6. The molecule has 1 saturated carbocycles. The fourth-order valence-corrected chi connectivity index (χ4v) is 8.40. The molecule has 312 valence electrons. The number of amides is 6. The normalized spacial score (nSPS) is 26.5. The highest BCUT2D eigenvalue weighted by Crippen LogP contribution is 2.65. The molecule has 0 bridgehead atoms. The molecular weight excluding hydrogens is 716 g/mol. The third-order valence-corrected chi connectivity index (χ3v) is 11.8. The summed E-state index contributed by atoms with van der Waals surface area (Å²) in [6.07, 6.45) is 4.82. The summed E-state index contributed by atoms with van der Waals surface area (Å²) in [5, 5.41) is 22.4. The van der Waals surface area contributed by atoms with E-state index in [1.807, 2.05) is 13.8 Å². The SMILES string of the molecule is CN(C)C(=O)[C@@H](NC(=O)CNC(=O)C(O)[C@@H]1CCCCCCCCCC(C)(C)[C@H](NC(=O)OC(C)(C)C)C(=O)N2C[C@H]3C([C@H]2C(=O)N1)C3(C)C)c1ccccc1. The van der Waals surface area contributed by atoms with Gasteiger partial charge in [0.25, 0.3) is 5.91 Å². The van der Waals surface area contributed by atoms with E-state index in [2.05, 4.69) is 35.1 Å². The molecule has 7 atom stereocenters. The number of alkyl carbamates (subject to hydrolysis) is 1. The lowest BCUT2D eigenvalue weighted by Crippen LogP contribution is -2.61. The fraction of sp³-hybridized carbons (Fsp3) is 0.714. The van der Waals surface area contributed by atoms with Crippen molar-refractivity contribution >= 4 is 35.6 Å². The average molecular weight is 783 g/mol. The first kappa shape index (κ1) is 44.5. The molecule has 0 radical (unpaired) electrons. The Kier molecular flexibility index (Phi) is 14.6. The number of rotatable bonds is 8. The molecule has 3 aliphatic rings. The topological polar surface area (TPSA) is 186 Å². The summed E-state index contributed by atoms with van der Waals surface area (Å²) < 4.78 is 5.58. The van der Waals surface area contributed by atoms with E-state index in [9.17, 15) is 33.9 Å². The molecule has 5 N–H and O–H groups in total. The van der Waals surface area contributed by atoms with E-state index in [-0.39, 0.29) is 29.1 Å². The van der Waals surface area contributed by atoms with Crippen molar-refractivity contribution in [2.45, 2.75) is 142 Å². The Morgan fingerprint density at radius 3 is 2.18 bits per heavy atom. The summed E-state index contributed by atoms with van der Waals surface area (Å²) >= 11 is 0. The van der Waals surface area contributed by atoms with Gasteiger partial charge in [0.2, 0.25) is 23.6 Å². The van der Waals surface area contributed by atoms with Gasteiger partial charge in [0.05, 0.1) is 12.6 Å². The number of likely N-dealkylation sites (N-methyl/N-ethyl adjacent to an activating group) is 1. The highest BCUT2D eigenvalue weighted by molar-refractivity contribution is 5.94. The predicted octanol–water partition coefficient (Wildman–Crippen LogP) is 3.82. The summed E-state index contributed by atoms with van der Waals surface area (Å²) in [5.74, 6) is -2.77. The van der Waals surface area contributed by atoms with Crippen LogP contribution in [0, 0.1) is 22.7 Å². The van der Waals surface area contributed by atoms with Crippen LogP contribution < -0.4 is 21.3 Å². The van der Waals surface area contributed by atoms with E-state index in [1.165, 1.54) is 4.90 Å². The van der Waals surface area contributed by atoms with Gasteiger partial charge in [0, 0.05) is 20.6 Å². The number of ether oxygens (including phenoxy) is 1. The number of hydrogen-bond donors (Lipinski definition) is 5. The van der Waals surface area contributed by atoms with Gasteiger partial charge in [-0.1, -0.05) is 103 Å². The summed E-state index contributed by atoms with van der Waals surface area (Å²) in [6, 6.07) is 4.92. The lowest BCUT2D eigenvalue weighted by Gasteiger charge is -2.40. The number of nitrogens with one attached hydrogen (secondary N) is 4. The lowest BCUT2D eigenvalue weighted by molar-refractivity contribution is -0.145. The van der Waals surface area contributed by atoms with E-state index >= 15 is 0 Å². The average Bonchev–Trinajstić information content (AvgIpc) is 3.42. The van der Waals surface area contributed by atoms with Crippen LogP contribution in [0.5, 0.6) is 0 Å². The maximum atomic E-state index is 14.6. The molecule has 0 spiro atoms. The summed E-state index contributed by atoms with van der Waals surface area (Å²) in [4.78, 5) is 84.5. The smallest absolute Gasteiger partial charge is 0.408 e. The van der Waals surface area contributed by atoms with Crippen molar-refractivity contribution in [3.8, 4) is 0 Å². The Morgan fingerprint density at radius 2 is 1.57 bits per heavy atom. The van der Waals surface area contributed by atoms with E-state index in [0.717, 1.165) is 38.5 Å². The minimum absolute atomic E-state index is 0.0577. The van der Waals surface area contributed by atoms with Crippen molar-refractivity contribution in [2.75, 3.05) is 27.2 Å². The highest BCUT2D eigenvalue weighted by atomic mass is 16.6. The molecule has 14 nitrogen and oxygen atoms in total. The molecule has 1 aliphatic carbocycles. The minimum atomic E-state index is -1.70. The molecule has 2 aliphatic heterocycles. The van der Waals surface area contributed by atoms with Crippen molar-refractivity contribution in [3.63, 3.8) is 0 Å². The fourth-order valence-electron chi connectivity index (χ4n) is 8.40. The van der Waals surface area contributed by atoms with Gasteiger partial charge in [-0.25, -0.2) is 4.79 Å². The van der Waals surface area contributed by atoms with Gasteiger partial charge in [-0.05, 0) is 61.8 Å². The molecule has 1 aromatic rings. The Morgan fingerprint density at radius 1 is 0.964 bits per heavy atom. The number of nitrogens with zero attached hydrogens (tertiary/aromatic N) is 2. The zero-order valence-corrected chi connectivity index (χ0v) is 34.9. The van der Waals surface area contributed by atoms with Crippen molar-refractivity contribution in [2.24, 2.45) is 22.7 Å². The molecule has 4 rings (SSSR count). The Bertz CT molecular complexity index is 1570. The third kappa shape index (κ3) is 11.2. The zero-order valence-electron chi connectivity index (χ0n) is 34.9. The third-order valence-electron chi connectivity index (χ3n) is 11.8. The van der Waals surface area contributed by atoms with Gasteiger partial charge in [-0.3, -0.25) is 24.0 Å². The number of fused-ring (bicyclic) bond motifs is 3. The van der Waals surface area contributed by atoms with E-state index in [4.69, 9.17) is 4.74 Å². The van der Waals surface area contributed by atoms with E-state index in [0.29, 0.717) is 31.4 Å². The van der Waals surface area contributed by atoms with E-state index < -0.39 is 71.6 Å². The minimum Gasteiger partial charge on any atom is -0.444 e. The monoisotopic (exact) mass is 782 g/mol. The van der Waals surface area contributed by atoms with Crippen molar-refractivity contribution < 1.29 is 38.6 Å². The predicted molar refractivity (Wildman–Crippen MR) is 212 cm³/mol. The van der Waals surface area contributed by atoms with Gasteiger partial charge in [-0.15, -0.1) is 0 Å². The molecule has 2 unspecified atom stereocenters. The number of carbonyl (C=O) groups is 6. The Labute approximate surface area is 332 Å². The molecule has 14 heteroatoms. The van der Waals surface area contributed by atoms with Crippen molar-refractivity contribution in [3.05, 3.63) is 35.9 Å². The zero-order chi connectivity index (χ0) is 41.6. The van der Waals surface area contributed by atoms with Crippen molar-refractivity contribution in [1.29, 1.82) is 0 Å². The van der Waals surface area contributed by atoms with Gasteiger partial charge in [0.1, 0.15) is 23.7 Å². The van der Waals surface area contributed by atoms with Gasteiger partial charge < -0.3 is 40.9 Å². The number of hydrogen-bond acceptors (Lipinski definition) is 8. The molecule has 2 saturated heterocycles. The highest BCUT2D eigenvalue weighted by Gasteiger charge is 2.70. The van der Waals surface area contributed by atoms with Crippen LogP contribution >= 0.6 is 0 Å². The maximum Gasteiger partial charge on any atom is 0.408 e. The molecule has 56 heavy (non-hydrogen) atoms. The Balaban J connectivity index is 1.54. The number of aliphatic hydroxyl groups excluding tert-OH is 1. The molecular formula is C42H66N6O8. The second kappa shape index (κ2) is 18.4. The maximum absolute atomic E-state index is 14.6. The van der Waals surface area contributed by atoms with Crippen LogP contribution in [-0.4, -0.2) is 108 Å². The first-order valence-corrected chi connectivity index (χ1v) is 20.3. The first-order valence-electron chi connectivity index (χ1n) is 20.3.